The number of rotatable bonds is 4. The van der Waals surface area contributed by atoms with Crippen molar-refractivity contribution in [3.63, 3.8) is 0 Å². The molecule has 0 saturated carbocycles. The van der Waals surface area contributed by atoms with Gasteiger partial charge in [0.1, 0.15) is 5.69 Å². The Morgan fingerprint density at radius 1 is 1.56 bits per heavy atom. The zero-order valence-electron chi connectivity index (χ0n) is 9.45. The van der Waals surface area contributed by atoms with E-state index in [1.165, 1.54) is 13.3 Å². The Hall–Kier alpha value is -2.22. The van der Waals surface area contributed by atoms with Gasteiger partial charge in [0.05, 0.1) is 13.5 Å². The van der Waals surface area contributed by atoms with Crippen LogP contribution in [0.5, 0.6) is 5.88 Å². The zero-order chi connectivity index (χ0) is 13.1. The number of methoxy groups -OCH3 is 1. The topological polar surface area (TPSA) is 111 Å². The van der Waals surface area contributed by atoms with Crippen molar-refractivity contribution in [3.8, 4) is 17.4 Å². The summed E-state index contributed by atoms with van der Waals surface area (Å²) in [6, 6.07) is 1.59. The molecule has 0 fully saturated rings. The highest BCUT2D eigenvalue weighted by Gasteiger charge is 2.17. The van der Waals surface area contributed by atoms with Gasteiger partial charge in [0, 0.05) is 17.1 Å². The van der Waals surface area contributed by atoms with Crippen LogP contribution in [0.25, 0.3) is 11.5 Å². The van der Waals surface area contributed by atoms with Crippen LogP contribution in [0.2, 0.25) is 0 Å². The highest BCUT2D eigenvalue weighted by Crippen LogP contribution is 2.28. The Bertz CT molecular complexity index is 584. The summed E-state index contributed by atoms with van der Waals surface area (Å²) in [5.41, 5.74) is 5.98. The van der Waals surface area contributed by atoms with Crippen LogP contribution < -0.4 is 10.5 Å². The van der Waals surface area contributed by atoms with E-state index in [9.17, 15) is 4.79 Å². The molecule has 0 saturated heterocycles. The average molecular weight is 266 g/mol. The van der Waals surface area contributed by atoms with E-state index in [0.29, 0.717) is 22.3 Å². The lowest BCUT2D eigenvalue weighted by molar-refractivity contribution is -0.136. The number of hydrogen-bond donors (Lipinski definition) is 2. The molecule has 0 atom stereocenters. The Kier molecular flexibility index (Phi) is 3.38. The van der Waals surface area contributed by atoms with Crippen molar-refractivity contribution in [2.24, 2.45) is 0 Å². The van der Waals surface area contributed by atoms with Crippen molar-refractivity contribution >= 4 is 22.4 Å². The summed E-state index contributed by atoms with van der Waals surface area (Å²) in [6.07, 6.45) is 1.35. The van der Waals surface area contributed by atoms with Gasteiger partial charge in [0.25, 0.3) is 0 Å². The predicted molar refractivity (Wildman–Crippen MR) is 65.4 cm³/mol. The van der Waals surface area contributed by atoms with Gasteiger partial charge < -0.3 is 15.6 Å². The molecule has 0 aliphatic heterocycles. The van der Waals surface area contributed by atoms with Crippen LogP contribution in [-0.4, -0.2) is 33.1 Å². The number of carbonyl (C=O) groups is 1. The van der Waals surface area contributed by atoms with Gasteiger partial charge in [-0.25, -0.2) is 9.97 Å². The summed E-state index contributed by atoms with van der Waals surface area (Å²) < 4.78 is 4.98. The van der Waals surface area contributed by atoms with Crippen molar-refractivity contribution in [1.29, 1.82) is 0 Å². The Labute approximate surface area is 106 Å². The van der Waals surface area contributed by atoms with Gasteiger partial charge in [-0.15, -0.1) is 11.3 Å². The number of ether oxygens (including phenoxy) is 1. The van der Waals surface area contributed by atoms with Crippen LogP contribution in [0.15, 0.2) is 12.3 Å². The molecule has 94 valence electrons. The van der Waals surface area contributed by atoms with E-state index in [0.717, 1.165) is 11.3 Å². The van der Waals surface area contributed by atoms with E-state index in [4.69, 9.17) is 15.6 Å². The number of thiazole rings is 1. The maximum Gasteiger partial charge on any atom is 0.308 e. The lowest BCUT2D eigenvalue weighted by Gasteiger charge is -2.01. The number of nitrogen functional groups attached to an aromatic ring is 1. The van der Waals surface area contributed by atoms with E-state index < -0.39 is 5.97 Å². The van der Waals surface area contributed by atoms with E-state index in [-0.39, 0.29) is 11.6 Å². The second-order valence-corrected chi connectivity index (χ2v) is 4.43. The van der Waals surface area contributed by atoms with Gasteiger partial charge in [0.2, 0.25) is 5.88 Å². The fraction of sp³-hybridized carbons (Fsp3) is 0.200. The number of nitrogens with zero attached hydrogens (tertiary/aromatic N) is 3. The van der Waals surface area contributed by atoms with Crippen molar-refractivity contribution in [3.05, 3.63) is 17.1 Å². The molecule has 0 radical (unpaired) electrons. The number of carboxylic acid groups (broad SMARTS) is 1. The number of anilines is 1. The smallest absolute Gasteiger partial charge is 0.308 e. The van der Waals surface area contributed by atoms with E-state index >= 15 is 0 Å². The molecule has 2 aromatic rings. The first-order chi connectivity index (χ1) is 8.60. The molecule has 7 nitrogen and oxygen atoms in total. The zero-order valence-corrected chi connectivity index (χ0v) is 10.3. The lowest BCUT2D eigenvalue weighted by atomic mass is 10.2. The van der Waals surface area contributed by atoms with Gasteiger partial charge in [-0.05, 0) is 0 Å². The SMILES string of the molecule is COc1ccnc(-c2nc(N)sc2CC(=O)O)n1. The van der Waals surface area contributed by atoms with Crippen molar-refractivity contribution < 1.29 is 14.6 Å². The summed E-state index contributed by atoms with van der Waals surface area (Å²) in [5, 5.41) is 9.11. The summed E-state index contributed by atoms with van der Waals surface area (Å²) in [4.78, 5) is 23.5. The average Bonchev–Trinajstić information content (AvgIpc) is 2.69. The minimum absolute atomic E-state index is 0.162. The van der Waals surface area contributed by atoms with Crippen LogP contribution in [0.1, 0.15) is 4.88 Å². The molecule has 0 aliphatic carbocycles. The first kappa shape index (κ1) is 12.2. The molecule has 18 heavy (non-hydrogen) atoms. The van der Waals surface area contributed by atoms with E-state index in [2.05, 4.69) is 15.0 Å². The monoisotopic (exact) mass is 266 g/mol. The molecular weight excluding hydrogens is 256 g/mol. The molecule has 2 rings (SSSR count). The maximum atomic E-state index is 10.8. The first-order valence-corrected chi connectivity index (χ1v) is 5.76. The fourth-order valence-corrected chi connectivity index (χ4v) is 2.19. The van der Waals surface area contributed by atoms with Gasteiger partial charge in [-0.1, -0.05) is 0 Å². The van der Waals surface area contributed by atoms with Crippen molar-refractivity contribution in [2.75, 3.05) is 12.8 Å². The largest absolute Gasteiger partial charge is 0.481 e. The quantitative estimate of drug-likeness (QED) is 0.842. The molecule has 2 heterocycles. The Morgan fingerprint density at radius 2 is 2.33 bits per heavy atom. The number of aromatic nitrogens is 3. The van der Waals surface area contributed by atoms with E-state index in [1.807, 2.05) is 0 Å². The van der Waals surface area contributed by atoms with Gasteiger partial charge in [0.15, 0.2) is 11.0 Å². The molecule has 2 aromatic heterocycles. The lowest BCUT2D eigenvalue weighted by Crippen LogP contribution is -2.01. The van der Waals surface area contributed by atoms with Gasteiger partial charge >= 0.3 is 5.97 Å². The third-order valence-corrected chi connectivity index (χ3v) is 2.96. The normalized spacial score (nSPS) is 10.3. The molecule has 0 aliphatic rings. The summed E-state index contributed by atoms with van der Waals surface area (Å²) >= 11 is 1.12. The van der Waals surface area contributed by atoms with E-state index in [1.54, 1.807) is 6.07 Å². The molecule has 0 spiro atoms. The third-order valence-electron chi connectivity index (χ3n) is 2.08. The second-order valence-electron chi connectivity index (χ2n) is 3.32. The molecule has 0 amide bonds. The summed E-state index contributed by atoms with van der Waals surface area (Å²) in [6.45, 7) is 0. The minimum Gasteiger partial charge on any atom is -0.481 e. The predicted octanol–water partition coefficient (Wildman–Crippen LogP) is 0.818. The Balaban J connectivity index is 2.45. The molecule has 0 bridgehead atoms. The van der Waals surface area contributed by atoms with Gasteiger partial charge in [-0.2, -0.15) is 4.98 Å². The molecule has 0 aromatic carbocycles. The molecule has 0 unspecified atom stereocenters. The van der Waals surface area contributed by atoms with Crippen molar-refractivity contribution in [2.45, 2.75) is 6.42 Å². The van der Waals surface area contributed by atoms with Crippen LogP contribution in [-0.2, 0) is 11.2 Å². The minimum atomic E-state index is -0.956. The van der Waals surface area contributed by atoms with Crippen LogP contribution in [0.3, 0.4) is 0 Å². The fourth-order valence-electron chi connectivity index (χ4n) is 1.37. The van der Waals surface area contributed by atoms with Crippen LogP contribution in [0.4, 0.5) is 5.13 Å². The number of nitrogens with two attached hydrogens (primary N) is 1. The summed E-state index contributed by atoms with van der Waals surface area (Å²) in [5.74, 6) is -0.269. The third kappa shape index (κ3) is 2.54. The van der Waals surface area contributed by atoms with Crippen LogP contribution >= 0.6 is 11.3 Å². The molecule has 8 heteroatoms. The summed E-state index contributed by atoms with van der Waals surface area (Å²) in [7, 11) is 1.49. The maximum absolute atomic E-state index is 10.8. The van der Waals surface area contributed by atoms with Gasteiger partial charge in [-0.3, -0.25) is 4.79 Å². The Morgan fingerprint density at radius 3 is 3.00 bits per heavy atom. The van der Waals surface area contributed by atoms with Crippen molar-refractivity contribution in [1.82, 2.24) is 15.0 Å². The number of hydrogen-bond acceptors (Lipinski definition) is 7. The highest BCUT2D eigenvalue weighted by molar-refractivity contribution is 7.15. The van der Waals surface area contributed by atoms with Crippen LogP contribution in [0, 0.1) is 0 Å². The highest BCUT2D eigenvalue weighted by atomic mass is 32.1. The first-order valence-electron chi connectivity index (χ1n) is 4.94. The molecular formula is C10H10N4O3S. The standard InChI is InChI=1S/C10H10N4O3S/c1-17-6-2-3-12-9(13-6)8-5(4-7(15)16)18-10(11)14-8/h2-3H,4H2,1H3,(H2,11,14)(H,15,16). The second kappa shape index (κ2) is 4.96. The molecule has 3 N–H and O–H groups in total. The number of carboxylic acids is 1. The number of aliphatic carboxylic acids is 1.